The Hall–Kier alpha value is -3.86. The third-order valence-corrected chi connectivity index (χ3v) is 7.83. The molecule has 1 saturated heterocycles. The fourth-order valence-electron chi connectivity index (χ4n) is 5.31. The number of carbonyl (C=O) groups excluding carboxylic acids is 2. The van der Waals surface area contributed by atoms with Crippen LogP contribution in [0.5, 0.6) is 0 Å². The van der Waals surface area contributed by atoms with Crippen molar-refractivity contribution in [1.82, 2.24) is 9.55 Å². The Balaban J connectivity index is 1.56. The molecule has 2 amide bonds. The Morgan fingerprint density at radius 2 is 1.83 bits per heavy atom. The highest BCUT2D eigenvalue weighted by molar-refractivity contribution is 6.02. The molecule has 0 aliphatic carbocycles. The normalized spacial score (nSPS) is 26.6. The lowest BCUT2D eigenvalue weighted by molar-refractivity contribution is -0.241. The molecule has 2 aliphatic rings. The average molecular weight is 647 g/mol. The van der Waals surface area contributed by atoms with Crippen LogP contribution in [0.2, 0.25) is 0 Å². The maximum atomic E-state index is 13.0. The summed E-state index contributed by atoms with van der Waals surface area (Å²) in [7, 11) is 1.35. The Labute approximate surface area is 265 Å². The van der Waals surface area contributed by atoms with Crippen molar-refractivity contribution in [3.8, 4) is 0 Å². The highest BCUT2D eigenvalue weighted by Gasteiger charge is 2.53. The lowest BCUT2D eigenvalue weighted by atomic mass is 10.0. The number of anilines is 1. The minimum absolute atomic E-state index is 0.276. The van der Waals surface area contributed by atoms with E-state index in [1.807, 2.05) is 19.1 Å². The van der Waals surface area contributed by atoms with E-state index in [4.69, 9.17) is 29.4 Å². The summed E-state index contributed by atoms with van der Waals surface area (Å²) >= 11 is 0. The van der Waals surface area contributed by atoms with Gasteiger partial charge in [-0.2, -0.15) is 0 Å². The van der Waals surface area contributed by atoms with Crippen molar-refractivity contribution in [2.75, 3.05) is 19.0 Å². The van der Waals surface area contributed by atoms with E-state index in [9.17, 15) is 29.4 Å². The Morgan fingerprint density at radius 1 is 1.09 bits per heavy atom. The maximum Gasteiger partial charge on any atom is 0.330 e. The Kier molecular flexibility index (Phi) is 12.3. The molecule has 252 valence electrons. The van der Waals surface area contributed by atoms with Crippen LogP contribution in [0.25, 0.3) is 0 Å². The summed E-state index contributed by atoms with van der Waals surface area (Å²) in [5.41, 5.74) is 5.85. The monoisotopic (exact) mass is 646 g/mol. The number of nitrogens with one attached hydrogen (secondary N) is 2. The number of methoxy groups -OCH3 is 1. The fraction of sp³-hybridized carbons (Fsp3) is 0.548. The topological polar surface area (TPSA) is 214 Å². The number of benzene rings is 1. The van der Waals surface area contributed by atoms with Crippen LogP contribution < -0.4 is 22.3 Å². The van der Waals surface area contributed by atoms with Crippen LogP contribution in [0, 0.1) is 0 Å². The molecule has 2 aliphatic heterocycles. The van der Waals surface area contributed by atoms with E-state index in [1.54, 1.807) is 12.1 Å². The zero-order valence-electron chi connectivity index (χ0n) is 26.0. The van der Waals surface area contributed by atoms with Gasteiger partial charge in [-0.05, 0) is 36.6 Å². The minimum Gasteiger partial charge on any atom is -0.456 e. The van der Waals surface area contributed by atoms with Gasteiger partial charge in [0.15, 0.2) is 18.1 Å². The second kappa shape index (κ2) is 16.1. The second-order valence-corrected chi connectivity index (χ2v) is 11.1. The number of carbonyl (C=O) groups is 2. The first-order valence-corrected chi connectivity index (χ1v) is 15.3. The van der Waals surface area contributed by atoms with Crippen molar-refractivity contribution >= 4 is 17.5 Å². The quantitative estimate of drug-likeness (QED) is 0.168. The number of aromatic nitrogens is 2. The van der Waals surface area contributed by atoms with E-state index < -0.39 is 72.2 Å². The number of ether oxygens (including phenoxy) is 5. The first-order valence-electron chi connectivity index (χ1n) is 15.3. The van der Waals surface area contributed by atoms with Gasteiger partial charge < -0.3 is 44.9 Å². The molecule has 0 saturated carbocycles. The van der Waals surface area contributed by atoms with E-state index in [1.165, 1.54) is 13.3 Å². The van der Waals surface area contributed by atoms with Gasteiger partial charge in [-0.3, -0.25) is 23.9 Å². The zero-order valence-corrected chi connectivity index (χ0v) is 26.0. The number of amides is 2. The number of H-pyrrole nitrogens is 1. The largest absolute Gasteiger partial charge is 0.456 e. The molecule has 15 heteroatoms. The van der Waals surface area contributed by atoms with Gasteiger partial charge in [-0.15, -0.1) is 0 Å². The van der Waals surface area contributed by atoms with E-state index in [-0.39, 0.29) is 12.4 Å². The van der Waals surface area contributed by atoms with Crippen molar-refractivity contribution in [3.05, 3.63) is 74.8 Å². The summed E-state index contributed by atoms with van der Waals surface area (Å²) in [5, 5.41) is 23.9. The summed E-state index contributed by atoms with van der Waals surface area (Å²) in [4.78, 5) is 52.5. The molecule has 4 rings (SSSR count). The number of aromatic amines is 1. The number of rotatable bonds is 15. The molecule has 1 fully saturated rings. The Bertz CT molecular complexity index is 1470. The van der Waals surface area contributed by atoms with Gasteiger partial charge >= 0.3 is 5.69 Å². The summed E-state index contributed by atoms with van der Waals surface area (Å²) in [6.07, 6.45) is -4.60. The minimum atomic E-state index is -1.75. The first-order chi connectivity index (χ1) is 22.1. The third kappa shape index (κ3) is 8.29. The average Bonchev–Trinajstić information content (AvgIpc) is 3.39. The predicted octanol–water partition coefficient (Wildman–Crippen LogP) is 0.448. The van der Waals surface area contributed by atoms with Crippen molar-refractivity contribution in [1.29, 1.82) is 0 Å². The summed E-state index contributed by atoms with van der Waals surface area (Å²) < 4.78 is 30.5. The second-order valence-electron chi connectivity index (χ2n) is 11.1. The number of unbranched alkanes of at least 4 members (excludes halogenated alkanes) is 3. The molecule has 1 aromatic heterocycles. The van der Waals surface area contributed by atoms with Crippen LogP contribution in [0.15, 0.2) is 58.0 Å². The highest BCUT2D eigenvalue weighted by Crippen LogP contribution is 2.36. The van der Waals surface area contributed by atoms with Gasteiger partial charge in [0, 0.05) is 31.7 Å². The molecule has 3 heterocycles. The van der Waals surface area contributed by atoms with Gasteiger partial charge in [-0.25, -0.2) is 4.79 Å². The summed E-state index contributed by atoms with van der Waals surface area (Å²) in [6, 6.07) is 8.23. The van der Waals surface area contributed by atoms with E-state index in [2.05, 4.69) is 17.2 Å². The van der Waals surface area contributed by atoms with Crippen LogP contribution in [0.4, 0.5) is 5.69 Å². The lowest BCUT2D eigenvalue weighted by Gasteiger charge is -2.35. The number of aliphatic hydroxyl groups is 2. The fourth-order valence-corrected chi connectivity index (χ4v) is 5.31. The molecule has 0 bridgehead atoms. The highest BCUT2D eigenvalue weighted by atomic mass is 16.7. The number of hydrogen-bond donors (Lipinski definition) is 5. The predicted molar refractivity (Wildman–Crippen MR) is 163 cm³/mol. The van der Waals surface area contributed by atoms with Crippen LogP contribution in [-0.2, 0) is 39.7 Å². The number of aryl methyl sites for hydroxylation is 1. The molecular formula is C31H42N4O11. The number of nitrogens with zero attached hydrogens (tertiary/aromatic N) is 1. The first kappa shape index (κ1) is 35.0. The van der Waals surface area contributed by atoms with Crippen LogP contribution in [-0.4, -0.2) is 88.2 Å². The smallest absolute Gasteiger partial charge is 0.330 e. The van der Waals surface area contributed by atoms with Crippen molar-refractivity contribution < 1.29 is 43.5 Å². The number of hydrogen-bond acceptors (Lipinski definition) is 11. The van der Waals surface area contributed by atoms with Crippen LogP contribution in [0.3, 0.4) is 0 Å². The van der Waals surface area contributed by atoms with Crippen LogP contribution >= 0.6 is 0 Å². The summed E-state index contributed by atoms with van der Waals surface area (Å²) in [6.45, 7) is 4.35. The molecule has 15 nitrogen and oxygen atoms in total. The van der Waals surface area contributed by atoms with Crippen molar-refractivity contribution in [2.24, 2.45) is 5.73 Å². The van der Waals surface area contributed by atoms with Crippen molar-refractivity contribution in [3.63, 3.8) is 0 Å². The van der Waals surface area contributed by atoms with Gasteiger partial charge in [0.25, 0.3) is 11.5 Å². The molecule has 0 spiro atoms. The molecule has 1 unspecified atom stereocenters. The SMILES string of the molecule is CCCCCCO[C@@H]1[C@H](OC)[C@@H](C(O[C@H]2OC(C(=O)Nc3ccc(CC)cc3)=C[C@H](O)[C@@H]2O)C(N)=O)O[C@H]1n1ccc(=O)[nH]c1=O. The molecule has 8 atom stereocenters. The van der Waals surface area contributed by atoms with Crippen LogP contribution in [0.1, 0.15) is 51.3 Å². The maximum absolute atomic E-state index is 13.0. The molecule has 2 aromatic rings. The molecular weight excluding hydrogens is 604 g/mol. The van der Waals surface area contributed by atoms with E-state index >= 15 is 0 Å². The molecule has 0 radical (unpaired) electrons. The number of nitrogens with two attached hydrogens (primary N) is 1. The van der Waals surface area contributed by atoms with E-state index in [0.717, 1.165) is 48.0 Å². The van der Waals surface area contributed by atoms with Gasteiger partial charge in [0.2, 0.25) is 12.2 Å². The Morgan fingerprint density at radius 3 is 2.46 bits per heavy atom. The van der Waals surface area contributed by atoms with Crippen molar-refractivity contribution in [2.45, 2.75) is 95.1 Å². The lowest BCUT2D eigenvalue weighted by Crippen LogP contribution is -2.54. The number of aliphatic hydroxyl groups excluding tert-OH is 2. The number of primary amides is 1. The van der Waals surface area contributed by atoms with Gasteiger partial charge in [0.1, 0.15) is 30.5 Å². The third-order valence-electron chi connectivity index (χ3n) is 7.83. The zero-order chi connectivity index (χ0) is 33.4. The van der Waals surface area contributed by atoms with Gasteiger partial charge in [-0.1, -0.05) is 45.2 Å². The van der Waals surface area contributed by atoms with Gasteiger partial charge in [0.05, 0.1) is 0 Å². The molecule has 46 heavy (non-hydrogen) atoms. The molecule has 6 N–H and O–H groups in total. The summed E-state index contributed by atoms with van der Waals surface area (Å²) in [5.74, 6) is -2.15. The molecule has 1 aromatic carbocycles. The standard InChI is InChI=1S/C31H42N4O11/c1-4-6-7-8-15-43-26-23(42-3)24(45-29(26)35-14-13-21(37)34-31(35)41)25(27(32)39)46-30-22(38)19(36)16-20(44-30)28(40)33-18-11-9-17(5-2)10-12-18/h9-14,16,19,22-26,29-30,36,38H,4-8,15H2,1-3H3,(H2,32,39)(H,33,40)(H,34,37,41)/t19-,22-,23+,24-,25?,26+,29+,30+/m0/s1. The van der Waals surface area contributed by atoms with E-state index in [0.29, 0.717) is 12.1 Å².